The molecule has 0 radical (unpaired) electrons. The Balaban J connectivity index is 1.83. The molecule has 6 heteroatoms. The summed E-state index contributed by atoms with van der Waals surface area (Å²) in [6.07, 6.45) is 1.93. The number of ether oxygens (including phenoxy) is 2. The molecule has 2 N–H and O–H groups in total. The Hall–Kier alpha value is -2.89. The fourth-order valence-corrected chi connectivity index (χ4v) is 3.20. The third kappa shape index (κ3) is 4.68. The van der Waals surface area contributed by atoms with Gasteiger partial charge in [0.05, 0.1) is 17.1 Å². The van der Waals surface area contributed by atoms with Gasteiger partial charge in [0.2, 0.25) is 0 Å². The zero-order valence-electron chi connectivity index (χ0n) is 17.1. The van der Waals surface area contributed by atoms with E-state index in [9.17, 15) is 4.79 Å². The highest BCUT2D eigenvalue weighted by atomic mass is 16.6. The molecule has 1 aliphatic heterocycles. The third-order valence-corrected chi connectivity index (χ3v) is 4.57. The van der Waals surface area contributed by atoms with Crippen LogP contribution in [0, 0.1) is 0 Å². The van der Waals surface area contributed by atoms with Gasteiger partial charge in [-0.2, -0.15) is 0 Å². The highest BCUT2D eigenvalue weighted by Crippen LogP contribution is 2.36. The van der Waals surface area contributed by atoms with E-state index < -0.39 is 11.7 Å². The Morgan fingerprint density at radius 2 is 1.79 bits per heavy atom. The second-order valence-corrected chi connectivity index (χ2v) is 8.02. The van der Waals surface area contributed by atoms with E-state index in [1.54, 1.807) is 19.2 Å². The van der Waals surface area contributed by atoms with Gasteiger partial charge in [-0.1, -0.05) is 12.1 Å². The first-order valence-electron chi connectivity index (χ1n) is 9.63. The maximum absolute atomic E-state index is 12.4. The molecular weight excluding hydrogens is 354 g/mol. The standard InChI is InChI=1S/C22H29N3O3/c1-22(2,3)28-21(26)24(4)19-15-16(11-12-17(19)23)27-20-10-6-5-9-18(20)25-13-7-8-14-25/h5-6,9-12,15H,7-8,13-14,23H2,1-4H3. The quantitative estimate of drug-likeness (QED) is 0.750. The largest absolute Gasteiger partial charge is 0.455 e. The summed E-state index contributed by atoms with van der Waals surface area (Å²) in [5.74, 6) is 1.41. The first-order valence-corrected chi connectivity index (χ1v) is 9.63. The molecule has 1 amide bonds. The Labute approximate surface area is 166 Å². The number of rotatable bonds is 4. The molecule has 6 nitrogen and oxygen atoms in total. The van der Waals surface area contributed by atoms with E-state index in [1.165, 1.54) is 17.7 Å². The first kappa shape index (κ1) is 19.9. The monoisotopic (exact) mass is 383 g/mol. The minimum atomic E-state index is -0.580. The molecule has 2 aromatic carbocycles. The van der Waals surface area contributed by atoms with E-state index in [2.05, 4.69) is 11.0 Å². The van der Waals surface area contributed by atoms with E-state index >= 15 is 0 Å². The van der Waals surface area contributed by atoms with Crippen molar-refractivity contribution in [3.05, 3.63) is 42.5 Å². The van der Waals surface area contributed by atoms with Crippen LogP contribution < -0.4 is 20.3 Å². The molecule has 1 aliphatic rings. The number of nitrogens with zero attached hydrogens (tertiary/aromatic N) is 2. The Kier molecular flexibility index (Phi) is 5.68. The molecule has 0 aromatic heterocycles. The second kappa shape index (κ2) is 8.00. The molecule has 28 heavy (non-hydrogen) atoms. The number of amides is 1. The number of nitrogen functional groups attached to an aromatic ring is 1. The summed E-state index contributed by atoms with van der Waals surface area (Å²) in [6, 6.07) is 13.3. The predicted molar refractivity (Wildman–Crippen MR) is 113 cm³/mol. The van der Waals surface area contributed by atoms with Crippen LogP contribution in [-0.2, 0) is 4.74 Å². The number of carbonyl (C=O) groups excluding carboxylic acids is 1. The lowest BCUT2D eigenvalue weighted by molar-refractivity contribution is 0.0589. The highest BCUT2D eigenvalue weighted by molar-refractivity contribution is 5.91. The van der Waals surface area contributed by atoms with E-state index in [-0.39, 0.29) is 0 Å². The summed E-state index contributed by atoms with van der Waals surface area (Å²) in [4.78, 5) is 16.1. The Bertz CT molecular complexity index is 839. The van der Waals surface area contributed by atoms with E-state index in [1.807, 2.05) is 45.0 Å². The van der Waals surface area contributed by atoms with E-state index in [0.717, 1.165) is 24.5 Å². The molecule has 0 saturated carbocycles. The molecule has 0 spiro atoms. The van der Waals surface area contributed by atoms with Crippen molar-refractivity contribution in [1.29, 1.82) is 0 Å². The van der Waals surface area contributed by atoms with Gasteiger partial charge in [0.15, 0.2) is 5.75 Å². The van der Waals surface area contributed by atoms with Crippen LogP contribution >= 0.6 is 0 Å². The minimum Gasteiger partial charge on any atom is -0.455 e. The van der Waals surface area contributed by atoms with Crippen molar-refractivity contribution in [2.45, 2.75) is 39.2 Å². The van der Waals surface area contributed by atoms with Gasteiger partial charge in [0.1, 0.15) is 11.4 Å². The van der Waals surface area contributed by atoms with Crippen LogP contribution in [0.25, 0.3) is 0 Å². The van der Waals surface area contributed by atoms with Crippen molar-refractivity contribution in [1.82, 2.24) is 0 Å². The van der Waals surface area contributed by atoms with Crippen molar-refractivity contribution in [2.75, 3.05) is 35.7 Å². The fraction of sp³-hybridized carbons (Fsp3) is 0.409. The van der Waals surface area contributed by atoms with Crippen molar-refractivity contribution in [2.24, 2.45) is 0 Å². The average Bonchev–Trinajstić information content (AvgIpc) is 3.16. The molecular formula is C22H29N3O3. The smallest absolute Gasteiger partial charge is 0.414 e. The van der Waals surface area contributed by atoms with Crippen LogP contribution in [0.4, 0.5) is 21.9 Å². The number of anilines is 3. The summed E-state index contributed by atoms with van der Waals surface area (Å²) < 4.78 is 11.6. The van der Waals surface area contributed by atoms with Crippen molar-refractivity contribution >= 4 is 23.2 Å². The van der Waals surface area contributed by atoms with Gasteiger partial charge in [-0.3, -0.25) is 4.90 Å². The minimum absolute atomic E-state index is 0.464. The lowest BCUT2D eigenvalue weighted by Gasteiger charge is -2.26. The molecule has 0 atom stereocenters. The summed E-state index contributed by atoms with van der Waals surface area (Å²) in [7, 11) is 1.64. The summed E-state index contributed by atoms with van der Waals surface area (Å²) >= 11 is 0. The van der Waals surface area contributed by atoms with Crippen LogP contribution in [0.2, 0.25) is 0 Å². The van der Waals surface area contributed by atoms with Gasteiger partial charge in [0, 0.05) is 26.2 Å². The second-order valence-electron chi connectivity index (χ2n) is 8.02. The van der Waals surface area contributed by atoms with Gasteiger partial charge in [0.25, 0.3) is 0 Å². The molecule has 0 bridgehead atoms. The molecule has 2 aromatic rings. The number of para-hydroxylation sites is 2. The summed E-state index contributed by atoms with van der Waals surface area (Å²) in [5.41, 5.74) is 7.63. The van der Waals surface area contributed by atoms with Crippen LogP contribution in [0.15, 0.2) is 42.5 Å². The van der Waals surface area contributed by atoms with Crippen molar-refractivity contribution < 1.29 is 14.3 Å². The predicted octanol–water partition coefficient (Wildman–Crippen LogP) is 5.03. The van der Waals surface area contributed by atoms with Crippen LogP contribution in [0.1, 0.15) is 33.6 Å². The number of nitrogens with two attached hydrogens (primary N) is 1. The van der Waals surface area contributed by atoms with Crippen LogP contribution in [-0.4, -0.2) is 31.8 Å². The van der Waals surface area contributed by atoms with Crippen molar-refractivity contribution in [3.63, 3.8) is 0 Å². The highest BCUT2D eigenvalue weighted by Gasteiger charge is 2.22. The third-order valence-electron chi connectivity index (χ3n) is 4.57. The maximum atomic E-state index is 12.4. The number of benzene rings is 2. The number of hydrogen-bond acceptors (Lipinski definition) is 5. The SMILES string of the molecule is CN(C(=O)OC(C)(C)C)c1cc(Oc2ccccc2N2CCCC2)ccc1N. The van der Waals surface area contributed by atoms with Crippen LogP contribution in [0.5, 0.6) is 11.5 Å². The van der Waals surface area contributed by atoms with E-state index in [4.69, 9.17) is 15.2 Å². The molecule has 1 heterocycles. The maximum Gasteiger partial charge on any atom is 0.414 e. The summed E-state index contributed by atoms with van der Waals surface area (Å²) in [5, 5.41) is 0. The topological polar surface area (TPSA) is 68.0 Å². The zero-order chi connectivity index (χ0) is 20.3. The normalized spacial score (nSPS) is 14.1. The first-order chi connectivity index (χ1) is 13.2. The molecule has 1 saturated heterocycles. The Morgan fingerprint density at radius 1 is 1.11 bits per heavy atom. The molecule has 0 aliphatic carbocycles. The van der Waals surface area contributed by atoms with Gasteiger partial charge in [-0.05, 0) is 57.9 Å². The molecule has 150 valence electrons. The molecule has 3 rings (SSSR count). The van der Waals surface area contributed by atoms with Gasteiger partial charge in [-0.15, -0.1) is 0 Å². The number of hydrogen-bond donors (Lipinski definition) is 1. The lowest BCUT2D eigenvalue weighted by atomic mass is 10.2. The molecule has 0 unspecified atom stereocenters. The zero-order valence-corrected chi connectivity index (χ0v) is 17.1. The van der Waals surface area contributed by atoms with E-state index in [0.29, 0.717) is 17.1 Å². The molecule has 1 fully saturated rings. The number of carbonyl (C=O) groups is 1. The lowest BCUT2D eigenvalue weighted by Crippen LogP contribution is -2.34. The van der Waals surface area contributed by atoms with Gasteiger partial charge < -0.3 is 20.1 Å². The average molecular weight is 383 g/mol. The van der Waals surface area contributed by atoms with Crippen molar-refractivity contribution in [3.8, 4) is 11.5 Å². The summed E-state index contributed by atoms with van der Waals surface area (Å²) in [6.45, 7) is 7.56. The fourth-order valence-electron chi connectivity index (χ4n) is 3.20. The Morgan fingerprint density at radius 3 is 2.46 bits per heavy atom. The van der Waals surface area contributed by atoms with Gasteiger partial charge in [-0.25, -0.2) is 4.79 Å². The van der Waals surface area contributed by atoms with Gasteiger partial charge >= 0.3 is 6.09 Å². The van der Waals surface area contributed by atoms with Crippen LogP contribution in [0.3, 0.4) is 0 Å².